The molecule has 0 aliphatic carbocycles. The van der Waals surface area contributed by atoms with Crippen molar-refractivity contribution in [1.29, 1.82) is 0 Å². The van der Waals surface area contributed by atoms with Crippen LogP contribution in [0.25, 0.3) is 0 Å². The molecule has 0 spiro atoms. The Hall–Kier alpha value is -2.30. The first-order chi connectivity index (χ1) is 9.42. The lowest BCUT2D eigenvalue weighted by atomic mass is 10.0. The monoisotopic (exact) mass is 272 g/mol. The summed E-state index contributed by atoms with van der Waals surface area (Å²) < 4.78 is 1.70. The van der Waals surface area contributed by atoms with E-state index in [0.29, 0.717) is 11.3 Å². The average molecular weight is 272 g/mol. The van der Waals surface area contributed by atoms with Crippen LogP contribution in [0.2, 0.25) is 0 Å². The first kappa shape index (κ1) is 14.1. The predicted octanol–water partition coefficient (Wildman–Crippen LogP) is 2.43. The molecule has 20 heavy (non-hydrogen) atoms. The molecule has 0 saturated heterocycles. The molecule has 3 N–H and O–H groups in total. The standard InChI is InChI=1S/C15H20N4O/c1-5-13-14(8-19(4)18-13)17-15(20)11-7-12(16)10(3)6-9(11)2/h6-8H,5,16H2,1-4H3,(H,17,20). The molecule has 0 atom stereocenters. The highest BCUT2D eigenvalue weighted by Crippen LogP contribution is 2.20. The lowest BCUT2D eigenvalue weighted by Crippen LogP contribution is -2.14. The van der Waals surface area contributed by atoms with Crippen molar-refractivity contribution in [1.82, 2.24) is 9.78 Å². The number of aromatic nitrogens is 2. The van der Waals surface area contributed by atoms with Crippen LogP contribution in [-0.4, -0.2) is 15.7 Å². The summed E-state index contributed by atoms with van der Waals surface area (Å²) in [7, 11) is 1.84. The summed E-state index contributed by atoms with van der Waals surface area (Å²) in [5.41, 5.74) is 10.6. The molecule has 0 aliphatic heterocycles. The molecule has 2 rings (SSSR count). The SMILES string of the molecule is CCc1nn(C)cc1NC(=O)c1cc(N)c(C)cc1C. The van der Waals surface area contributed by atoms with Crippen molar-refractivity contribution < 1.29 is 4.79 Å². The van der Waals surface area contributed by atoms with Gasteiger partial charge in [0.1, 0.15) is 0 Å². The zero-order valence-electron chi connectivity index (χ0n) is 12.3. The Balaban J connectivity index is 2.30. The van der Waals surface area contributed by atoms with E-state index in [9.17, 15) is 4.79 Å². The Kier molecular flexibility index (Phi) is 3.79. The van der Waals surface area contributed by atoms with E-state index in [1.54, 1.807) is 10.7 Å². The number of amides is 1. The molecule has 0 radical (unpaired) electrons. The molecule has 0 aliphatic rings. The highest BCUT2D eigenvalue weighted by Gasteiger charge is 2.14. The van der Waals surface area contributed by atoms with E-state index in [1.165, 1.54) is 0 Å². The second-order valence-electron chi connectivity index (χ2n) is 4.99. The molecule has 0 fully saturated rings. The average Bonchev–Trinajstić information content (AvgIpc) is 2.73. The van der Waals surface area contributed by atoms with E-state index in [2.05, 4.69) is 10.4 Å². The quantitative estimate of drug-likeness (QED) is 0.843. The molecule has 1 aromatic heterocycles. The number of aryl methyl sites for hydroxylation is 4. The van der Waals surface area contributed by atoms with Crippen molar-refractivity contribution in [2.45, 2.75) is 27.2 Å². The number of nitrogen functional groups attached to an aromatic ring is 1. The van der Waals surface area contributed by atoms with E-state index in [4.69, 9.17) is 5.73 Å². The van der Waals surface area contributed by atoms with Crippen LogP contribution in [0.3, 0.4) is 0 Å². The van der Waals surface area contributed by atoms with Crippen LogP contribution in [0.4, 0.5) is 11.4 Å². The van der Waals surface area contributed by atoms with Gasteiger partial charge in [-0.1, -0.05) is 13.0 Å². The second-order valence-corrected chi connectivity index (χ2v) is 4.99. The maximum absolute atomic E-state index is 12.4. The number of nitrogens with zero attached hydrogens (tertiary/aromatic N) is 2. The fraction of sp³-hybridized carbons (Fsp3) is 0.333. The zero-order chi connectivity index (χ0) is 14.9. The molecule has 1 heterocycles. The summed E-state index contributed by atoms with van der Waals surface area (Å²) in [5, 5.41) is 7.22. The summed E-state index contributed by atoms with van der Waals surface area (Å²) in [5.74, 6) is -0.156. The summed E-state index contributed by atoms with van der Waals surface area (Å²) in [6, 6.07) is 3.65. The number of carbonyl (C=O) groups excluding carboxylic acids is 1. The van der Waals surface area contributed by atoms with E-state index in [1.807, 2.05) is 40.1 Å². The van der Waals surface area contributed by atoms with Gasteiger partial charge in [0.2, 0.25) is 0 Å². The van der Waals surface area contributed by atoms with Crippen molar-refractivity contribution in [2.75, 3.05) is 11.1 Å². The normalized spacial score (nSPS) is 10.6. The summed E-state index contributed by atoms with van der Waals surface area (Å²) in [4.78, 5) is 12.4. The van der Waals surface area contributed by atoms with Crippen molar-refractivity contribution in [3.05, 3.63) is 40.7 Å². The highest BCUT2D eigenvalue weighted by molar-refractivity contribution is 6.06. The number of carbonyl (C=O) groups is 1. The van der Waals surface area contributed by atoms with Crippen LogP contribution in [-0.2, 0) is 13.5 Å². The molecule has 106 valence electrons. The van der Waals surface area contributed by atoms with Gasteiger partial charge in [0.25, 0.3) is 5.91 Å². The van der Waals surface area contributed by atoms with Crippen molar-refractivity contribution in [3.8, 4) is 0 Å². The minimum atomic E-state index is -0.156. The maximum Gasteiger partial charge on any atom is 0.256 e. The minimum absolute atomic E-state index is 0.156. The Morgan fingerprint density at radius 3 is 2.70 bits per heavy atom. The first-order valence-electron chi connectivity index (χ1n) is 6.63. The number of nitrogens with one attached hydrogen (secondary N) is 1. The number of hydrogen-bond acceptors (Lipinski definition) is 3. The number of benzene rings is 1. The summed E-state index contributed by atoms with van der Waals surface area (Å²) >= 11 is 0. The van der Waals surface area contributed by atoms with Gasteiger partial charge in [-0.2, -0.15) is 5.10 Å². The summed E-state index contributed by atoms with van der Waals surface area (Å²) in [6.45, 7) is 5.85. The third kappa shape index (κ3) is 2.66. The number of nitrogens with two attached hydrogens (primary N) is 1. The third-order valence-electron chi connectivity index (χ3n) is 3.35. The van der Waals surface area contributed by atoms with Crippen LogP contribution in [0.15, 0.2) is 18.3 Å². The fourth-order valence-electron chi connectivity index (χ4n) is 2.20. The van der Waals surface area contributed by atoms with Crippen molar-refractivity contribution >= 4 is 17.3 Å². The molecular formula is C15H20N4O. The van der Waals surface area contributed by atoms with E-state index < -0.39 is 0 Å². The number of anilines is 2. The van der Waals surface area contributed by atoms with Gasteiger partial charge in [-0.25, -0.2) is 0 Å². The Morgan fingerprint density at radius 2 is 2.05 bits per heavy atom. The van der Waals surface area contributed by atoms with Crippen LogP contribution in [0, 0.1) is 13.8 Å². The van der Waals surface area contributed by atoms with Crippen molar-refractivity contribution in [2.24, 2.45) is 7.05 Å². The van der Waals surface area contributed by atoms with Crippen LogP contribution < -0.4 is 11.1 Å². The molecule has 5 nitrogen and oxygen atoms in total. The molecule has 0 unspecified atom stereocenters. The lowest BCUT2D eigenvalue weighted by molar-refractivity contribution is 0.102. The Morgan fingerprint density at radius 1 is 1.35 bits per heavy atom. The molecule has 2 aromatic rings. The topological polar surface area (TPSA) is 72.9 Å². The smallest absolute Gasteiger partial charge is 0.256 e. The Labute approximate surface area is 118 Å². The first-order valence-corrected chi connectivity index (χ1v) is 6.63. The molecule has 1 amide bonds. The molecular weight excluding hydrogens is 252 g/mol. The number of hydrogen-bond donors (Lipinski definition) is 2. The fourth-order valence-corrected chi connectivity index (χ4v) is 2.20. The van der Waals surface area contributed by atoms with E-state index in [-0.39, 0.29) is 5.91 Å². The van der Waals surface area contributed by atoms with Gasteiger partial charge in [-0.05, 0) is 37.5 Å². The molecule has 1 aromatic carbocycles. The third-order valence-corrected chi connectivity index (χ3v) is 3.35. The van der Waals surface area contributed by atoms with E-state index >= 15 is 0 Å². The molecule has 5 heteroatoms. The van der Waals surface area contributed by atoms with Gasteiger partial charge in [0.15, 0.2) is 0 Å². The summed E-state index contributed by atoms with van der Waals surface area (Å²) in [6.07, 6.45) is 2.58. The predicted molar refractivity (Wildman–Crippen MR) is 80.9 cm³/mol. The highest BCUT2D eigenvalue weighted by atomic mass is 16.1. The van der Waals surface area contributed by atoms with E-state index in [0.717, 1.165) is 28.9 Å². The van der Waals surface area contributed by atoms with Gasteiger partial charge in [-0.3, -0.25) is 9.48 Å². The van der Waals surface area contributed by atoms with Crippen LogP contribution >= 0.6 is 0 Å². The minimum Gasteiger partial charge on any atom is -0.398 e. The van der Waals surface area contributed by atoms with Gasteiger partial charge in [-0.15, -0.1) is 0 Å². The van der Waals surface area contributed by atoms with Crippen LogP contribution in [0.1, 0.15) is 34.1 Å². The maximum atomic E-state index is 12.4. The van der Waals surface area contributed by atoms with Gasteiger partial charge >= 0.3 is 0 Å². The Bertz CT molecular complexity index is 658. The molecule has 0 bridgehead atoms. The van der Waals surface area contributed by atoms with Crippen LogP contribution in [0.5, 0.6) is 0 Å². The molecule has 0 saturated carbocycles. The largest absolute Gasteiger partial charge is 0.398 e. The lowest BCUT2D eigenvalue weighted by Gasteiger charge is -2.10. The van der Waals surface area contributed by atoms with Gasteiger partial charge < -0.3 is 11.1 Å². The van der Waals surface area contributed by atoms with Gasteiger partial charge in [0.05, 0.1) is 11.4 Å². The second kappa shape index (κ2) is 5.36. The number of rotatable bonds is 3. The zero-order valence-corrected chi connectivity index (χ0v) is 12.3. The van der Waals surface area contributed by atoms with Crippen molar-refractivity contribution in [3.63, 3.8) is 0 Å². The van der Waals surface area contributed by atoms with Gasteiger partial charge in [0, 0.05) is 24.5 Å².